The molecular weight excluding hydrogens is 272 g/mol. The van der Waals surface area contributed by atoms with Gasteiger partial charge in [-0.15, -0.1) is 12.6 Å². The third-order valence-electron chi connectivity index (χ3n) is 4.70. The summed E-state index contributed by atoms with van der Waals surface area (Å²) in [5, 5.41) is 4.20. The number of thiol groups is 1. The van der Waals surface area contributed by atoms with Gasteiger partial charge in [-0.3, -0.25) is 4.90 Å². The zero-order valence-corrected chi connectivity index (χ0v) is 12.2. The summed E-state index contributed by atoms with van der Waals surface area (Å²) in [7, 11) is 0. The highest BCUT2D eigenvalue weighted by molar-refractivity contribution is 7.80. The average Bonchev–Trinajstić information content (AvgIpc) is 2.85. The van der Waals surface area contributed by atoms with Gasteiger partial charge in [-0.05, 0) is 38.1 Å². The third kappa shape index (κ3) is 2.00. The molecule has 4 heterocycles. The fourth-order valence-corrected chi connectivity index (χ4v) is 3.82. The second-order valence-corrected chi connectivity index (χ2v) is 6.42. The van der Waals surface area contributed by atoms with Crippen molar-refractivity contribution in [3.63, 3.8) is 0 Å². The first-order valence-corrected chi connectivity index (χ1v) is 7.63. The highest BCUT2D eigenvalue weighted by Crippen LogP contribution is 2.43. The van der Waals surface area contributed by atoms with Crippen LogP contribution >= 0.6 is 12.6 Å². The van der Waals surface area contributed by atoms with Crippen molar-refractivity contribution < 1.29 is 9.57 Å². The average molecular weight is 290 g/mol. The summed E-state index contributed by atoms with van der Waals surface area (Å²) in [5.74, 6) is 2.04. The molecule has 4 aliphatic heterocycles. The standard InChI is InChI=1S/C15H18N2O2S/c20-13-4-2-1-3-12(13)18-14-9-15(19-16-14)10-17-7-5-11(15)6-8-17/h1-4,11,20H,5-10H2. The van der Waals surface area contributed by atoms with Crippen LogP contribution in [0.3, 0.4) is 0 Å². The van der Waals surface area contributed by atoms with Crippen molar-refractivity contribution in [1.82, 2.24) is 4.90 Å². The Morgan fingerprint density at radius 1 is 1.30 bits per heavy atom. The van der Waals surface area contributed by atoms with Gasteiger partial charge in [-0.2, -0.15) is 0 Å². The molecule has 1 atom stereocenters. The third-order valence-corrected chi connectivity index (χ3v) is 5.07. The highest BCUT2D eigenvalue weighted by Gasteiger charge is 2.53. The SMILES string of the molecule is Sc1ccccc1OC1=NOC2(C1)CN1CCC2CC1. The predicted molar refractivity (Wildman–Crippen MR) is 79.4 cm³/mol. The summed E-state index contributed by atoms with van der Waals surface area (Å²) in [4.78, 5) is 9.14. The van der Waals surface area contributed by atoms with Gasteiger partial charge in [0, 0.05) is 17.4 Å². The Morgan fingerprint density at radius 2 is 2.10 bits per heavy atom. The second-order valence-electron chi connectivity index (χ2n) is 5.94. The van der Waals surface area contributed by atoms with Gasteiger partial charge in [0.2, 0.25) is 5.90 Å². The van der Waals surface area contributed by atoms with E-state index in [-0.39, 0.29) is 5.60 Å². The van der Waals surface area contributed by atoms with Crippen LogP contribution in [0.2, 0.25) is 0 Å². The second kappa shape index (κ2) is 4.67. The van der Waals surface area contributed by atoms with Gasteiger partial charge in [0.15, 0.2) is 5.60 Å². The van der Waals surface area contributed by atoms with Gasteiger partial charge < -0.3 is 9.57 Å². The van der Waals surface area contributed by atoms with E-state index in [0.29, 0.717) is 11.8 Å². The molecular formula is C15H18N2O2S. The number of hydrogen-bond donors (Lipinski definition) is 1. The molecule has 4 aliphatic rings. The van der Waals surface area contributed by atoms with E-state index in [0.717, 1.165) is 23.6 Å². The summed E-state index contributed by atoms with van der Waals surface area (Å²) >= 11 is 4.40. The fourth-order valence-electron chi connectivity index (χ4n) is 3.62. The Kier molecular flexibility index (Phi) is 2.93. The maximum atomic E-state index is 5.87. The number of fused-ring (bicyclic) bond motifs is 2. The Balaban J connectivity index is 1.49. The topological polar surface area (TPSA) is 34.1 Å². The number of para-hydroxylation sites is 1. The number of benzene rings is 1. The Morgan fingerprint density at radius 3 is 2.80 bits per heavy atom. The van der Waals surface area contributed by atoms with Gasteiger partial charge in [0.1, 0.15) is 5.75 Å². The Hall–Kier alpha value is -1.20. The van der Waals surface area contributed by atoms with Crippen LogP contribution in [0.4, 0.5) is 0 Å². The van der Waals surface area contributed by atoms with Crippen LogP contribution in [0.1, 0.15) is 19.3 Å². The smallest absolute Gasteiger partial charge is 0.235 e. The van der Waals surface area contributed by atoms with Gasteiger partial charge in [0.25, 0.3) is 0 Å². The number of piperidine rings is 3. The van der Waals surface area contributed by atoms with Crippen LogP contribution in [-0.2, 0) is 4.84 Å². The quantitative estimate of drug-likeness (QED) is 0.807. The van der Waals surface area contributed by atoms with Crippen molar-refractivity contribution in [2.75, 3.05) is 19.6 Å². The minimum absolute atomic E-state index is 0.141. The summed E-state index contributed by atoms with van der Waals surface area (Å²) in [5.41, 5.74) is -0.141. The molecule has 5 heteroatoms. The largest absolute Gasteiger partial charge is 0.438 e. The van der Waals surface area contributed by atoms with Gasteiger partial charge in [0.05, 0.1) is 6.42 Å². The molecule has 0 N–H and O–H groups in total. The summed E-state index contributed by atoms with van der Waals surface area (Å²) in [6.07, 6.45) is 3.20. The first-order chi connectivity index (χ1) is 9.75. The molecule has 0 radical (unpaired) electrons. The fraction of sp³-hybridized carbons (Fsp3) is 0.533. The van der Waals surface area contributed by atoms with Gasteiger partial charge in [-0.25, -0.2) is 0 Å². The first-order valence-electron chi connectivity index (χ1n) is 7.18. The van der Waals surface area contributed by atoms with E-state index in [9.17, 15) is 0 Å². The number of rotatable bonds is 1. The molecule has 0 saturated carbocycles. The Labute approximate surface area is 124 Å². The number of hydrogen-bond acceptors (Lipinski definition) is 5. The van der Waals surface area contributed by atoms with Crippen molar-refractivity contribution >= 4 is 18.5 Å². The molecule has 1 aromatic carbocycles. The van der Waals surface area contributed by atoms with Crippen LogP contribution in [-0.4, -0.2) is 36.0 Å². The molecule has 4 nitrogen and oxygen atoms in total. The van der Waals surface area contributed by atoms with Gasteiger partial charge >= 0.3 is 0 Å². The predicted octanol–water partition coefficient (Wildman–Crippen LogP) is 2.55. The highest BCUT2D eigenvalue weighted by atomic mass is 32.1. The van der Waals surface area contributed by atoms with Crippen LogP contribution in [0.25, 0.3) is 0 Å². The number of ether oxygens (including phenoxy) is 1. The maximum absolute atomic E-state index is 5.87. The molecule has 1 aromatic rings. The molecule has 2 bridgehead atoms. The van der Waals surface area contributed by atoms with E-state index in [1.54, 1.807) is 0 Å². The molecule has 3 saturated heterocycles. The summed E-state index contributed by atoms with van der Waals surface area (Å²) < 4.78 is 5.87. The minimum Gasteiger partial charge on any atom is -0.438 e. The number of nitrogens with zero attached hydrogens (tertiary/aromatic N) is 2. The molecule has 3 fully saturated rings. The van der Waals surface area contributed by atoms with E-state index < -0.39 is 0 Å². The molecule has 0 amide bonds. The van der Waals surface area contributed by atoms with E-state index in [1.807, 2.05) is 24.3 Å². The lowest BCUT2D eigenvalue weighted by Gasteiger charge is -2.49. The lowest BCUT2D eigenvalue weighted by molar-refractivity contribution is -0.136. The molecule has 5 rings (SSSR count). The van der Waals surface area contributed by atoms with E-state index in [4.69, 9.17) is 9.57 Å². The van der Waals surface area contributed by atoms with E-state index in [2.05, 4.69) is 22.7 Å². The van der Waals surface area contributed by atoms with Gasteiger partial charge in [-0.1, -0.05) is 17.3 Å². The van der Waals surface area contributed by atoms with E-state index >= 15 is 0 Å². The van der Waals surface area contributed by atoms with Crippen LogP contribution in [0.5, 0.6) is 5.75 Å². The molecule has 0 aromatic heterocycles. The van der Waals surface area contributed by atoms with Crippen molar-refractivity contribution in [2.24, 2.45) is 11.1 Å². The van der Waals surface area contributed by atoms with Crippen LogP contribution < -0.4 is 4.74 Å². The molecule has 20 heavy (non-hydrogen) atoms. The minimum atomic E-state index is -0.141. The zero-order valence-electron chi connectivity index (χ0n) is 11.3. The maximum Gasteiger partial charge on any atom is 0.235 e. The molecule has 106 valence electrons. The van der Waals surface area contributed by atoms with Crippen molar-refractivity contribution in [3.8, 4) is 5.75 Å². The van der Waals surface area contributed by atoms with Crippen molar-refractivity contribution in [2.45, 2.75) is 29.8 Å². The van der Waals surface area contributed by atoms with Crippen molar-refractivity contribution in [3.05, 3.63) is 24.3 Å². The molecule has 1 spiro atoms. The van der Waals surface area contributed by atoms with Crippen LogP contribution in [0.15, 0.2) is 34.3 Å². The molecule has 0 aliphatic carbocycles. The normalized spacial score (nSPS) is 35.0. The monoisotopic (exact) mass is 290 g/mol. The molecule has 1 unspecified atom stereocenters. The van der Waals surface area contributed by atoms with E-state index in [1.165, 1.54) is 25.9 Å². The van der Waals surface area contributed by atoms with Crippen LogP contribution in [0, 0.1) is 5.92 Å². The first kappa shape index (κ1) is 12.5. The lowest BCUT2D eigenvalue weighted by Crippen LogP contribution is -2.59. The lowest BCUT2D eigenvalue weighted by atomic mass is 9.74. The summed E-state index contributed by atoms with van der Waals surface area (Å²) in [6, 6.07) is 7.71. The number of oxime groups is 1. The van der Waals surface area contributed by atoms with Crippen molar-refractivity contribution in [1.29, 1.82) is 0 Å². The summed E-state index contributed by atoms with van der Waals surface area (Å²) in [6.45, 7) is 3.38. The Bertz CT molecular complexity index is 555. The zero-order chi connectivity index (χ0) is 13.6.